The van der Waals surface area contributed by atoms with Gasteiger partial charge in [-0.2, -0.15) is 0 Å². The first-order valence-corrected chi connectivity index (χ1v) is 7.56. The fraction of sp³-hybridized carbons (Fsp3) is 0.263. The minimum Gasteiger partial charge on any atom is -0.493 e. The molecule has 0 saturated carbocycles. The highest BCUT2D eigenvalue weighted by molar-refractivity contribution is 5.82. The first-order chi connectivity index (χ1) is 11.8. The number of hydrogen-bond acceptors (Lipinski definition) is 4. The van der Waals surface area contributed by atoms with Crippen LogP contribution in [0.1, 0.15) is 23.6 Å². The number of halogens is 2. The van der Waals surface area contributed by atoms with Crippen molar-refractivity contribution >= 4 is 17.8 Å². The Morgan fingerprint density at radius 1 is 0.920 bits per heavy atom. The van der Waals surface area contributed by atoms with Crippen molar-refractivity contribution < 1.29 is 23.0 Å². The molecule has 4 nitrogen and oxygen atoms in total. The van der Waals surface area contributed by atoms with E-state index >= 15 is 0 Å². The predicted octanol–water partition coefficient (Wildman–Crippen LogP) is 4.58. The molecule has 0 aromatic heterocycles. The van der Waals surface area contributed by atoms with Gasteiger partial charge >= 0.3 is 0 Å². The Hall–Kier alpha value is -2.76. The zero-order valence-electron chi connectivity index (χ0n) is 14.6. The van der Waals surface area contributed by atoms with Crippen LogP contribution >= 0.6 is 0 Å². The van der Waals surface area contributed by atoms with E-state index < -0.39 is 5.92 Å². The minimum absolute atomic E-state index is 0.0306. The van der Waals surface area contributed by atoms with Crippen LogP contribution in [0.3, 0.4) is 0 Å². The summed E-state index contributed by atoms with van der Waals surface area (Å²) in [7, 11) is 4.51. The fourth-order valence-electron chi connectivity index (χ4n) is 2.41. The zero-order chi connectivity index (χ0) is 18.6. The van der Waals surface area contributed by atoms with E-state index in [1.807, 2.05) is 0 Å². The molecule has 0 atom stereocenters. The van der Waals surface area contributed by atoms with Gasteiger partial charge in [0.2, 0.25) is 5.75 Å². The normalized spacial score (nSPS) is 11.6. The second-order valence-corrected chi connectivity index (χ2v) is 5.49. The van der Waals surface area contributed by atoms with Crippen molar-refractivity contribution in [3.63, 3.8) is 0 Å². The molecule has 134 valence electrons. The molecule has 0 fully saturated rings. The van der Waals surface area contributed by atoms with Gasteiger partial charge in [0.25, 0.3) is 5.92 Å². The molecule has 0 spiro atoms. The van der Waals surface area contributed by atoms with Gasteiger partial charge in [-0.25, -0.2) is 8.78 Å². The lowest BCUT2D eigenvalue weighted by molar-refractivity contribution is 0.0175. The summed E-state index contributed by atoms with van der Waals surface area (Å²) in [5.74, 6) is -1.59. The third-order valence-corrected chi connectivity index (χ3v) is 3.77. The molecule has 6 heteroatoms. The van der Waals surface area contributed by atoms with Crippen molar-refractivity contribution in [3.8, 4) is 17.2 Å². The highest BCUT2D eigenvalue weighted by Crippen LogP contribution is 2.44. The monoisotopic (exact) mass is 349 g/mol. The van der Waals surface area contributed by atoms with E-state index in [4.69, 9.17) is 19.9 Å². The zero-order valence-corrected chi connectivity index (χ0v) is 14.6. The first kappa shape index (κ1) is 18.6. The van der Waals surface area contributed by atoms with E-state index in [-0.39, 0.29) is 5.56 Å². The fourth-order valence-corrected chi connectivity index (χ4v) is 2.41. The number of hydrogen-bond donors (Lipinski definition) is 1. The maximum Gasteiger partial charge on any atom is 0.270 e. The molecule has 0 saturated heterocycles. The number of anilines is 1. The van der Waals surface area contributed by atoms with Gasteiger partial charge in [-0.3, -0.25) is 0 Å². The Morgan fingerprint density at radius 2 is 1.52 bits per heavy atom. The van der Waals surface area contributed by atoms with Gasteiger partial charge in [0.05, 0.1) is 27.0 Å². The number of methoxy groups -OCH3 is 3. The summed E-state index contributed by atoms with van der Waals surface area (Å²) in [6, 6.07) is 7.77. The number of benzene rings is 2. The van der Waals surface area contributed by atoms with Crippen molar-refractivity contribution in [2.24, 2.45) is 0 Å². The van der Waals surface area contributed by atoms with Crippen molar-refractivity contribution in [3.05, 3.63) is 47.0 Å². The number of rotatable bonds is 6. The molecule has 0 aliphatic heterocycles. The lowest BCUT2D eigenvalue weighted by Crippen LogP contribution is -2.06. The Morgan fingerprint density at radius 3 is 2.00 bits per heavy atom. The maximum atomic E-state index is 13.3. The molecule has 2 rings (SSSR count). The van der Waals surface area contributed by atoms with Crippen molar-refractivity contribution in [1.29, 1.82) is 0 Å². The molecule has 2 N–H and O–H groups in total. The van der Waals surface area contributed by atoms with Crippen LogP contribution in [0.2, 0.25) is 0 Å². The van der Waals surface area contributed by atoms with Gasteiger partial charge in [0.1, 0.15) is 0 Å². The molecule has 25 heavy (non-hydrogen) atoms. The van der Waals surface area contributed by atoms with Crippen LogP contribution in [0.4, 0.5) is 14.5 Å². The molecule has 0 bridgehead atoms. The number of nitrogen functional groups attached to an aromatic ring is 1. The van der Waals surface area contributed by atoms with Gasteiger partial charge in [-0.1, -0.05) is 36.4 Å². The van der Waals surface area contributed by atoms with Crippen LogP contribution in [-0.4, -0.2) is 21.3 Å². The van der Waals surface area contributed by atoms with E-state index in [1.165, 1.54) is 33.5 Å². The average Bonchev–Trinajstić information content (AvgIpc) is 2.59. The quantitative estimate of drug-likeness (QED) is 0.613. The second kappa shape index (κ2) is 7.42. The van der Waals surface area contributed by atoms with Crippen LogP contribution in [0.15, 0.2) is 30.3 Å². The van der Waals surface area contributed by atoms with Crippen LogP contribution in [0.5, 0.6) is 17.2 Å². The molecule has 0 radical (unpaired) electrons. The first-order valence-electron chi connectivity index (χ1n) is 7.56. The Labute approximate surface area is 145 Å². The molecule has 2 aromatic carbocycles. The highest BCUT2D eigenvalue weighted by Gasteiger charge is 2.23. The van der Waals surface area contributed by atoms with Crippen LogP contribution in [-0.2, 0) is 5.92 Å². The molecular formula is C19H21F2NO3. The Bertz CT molecular complexity index is 766. The molecule has 0 amide bonds. The van der Waals surface area contributed by atoms with Gasteiger partial charge < -0.3 is 19.9 Å². The summed E-state index contributed by atoms with van der Waals surface area (Å²) in [5.41, 5.74) is 7.93. The van der Waals surface area contributed by atoms with Crippen molar-refractivity contribution in [1.82, 2.24) is 0 Å². The summed E-state index contributed by atoms with van der Waals surface area (Å²) in [5, 5.41) is 0. The summed E-state index contributed by atoms with van der Waals surface area (Å²) >= 11 is 0. The summed E-state index contributed by atoms with van der Waals surface area (Å²) in [6.45, 7) is 0.869. The van der Waals surface area contributed by atoms with Crippen LogP contribution < -0.4 is 19.9 Å². The molecule has 2 aromatic rings. The van der Waals surface area contributed by atoms with E-state index in [0.717, 1.165) is 12.5 Å². The van der Waals surface area contributed by atoms with Gasteiger partial charge in [-0.15, -0.1) is 0 Å². The molecule has 0 heterocycles. The molecule has 0 aliphatic rings. The SMILES string of the molecule is COc1cc(/C=C\c2ccc(C(C)(F)F)cc2)c(N)c(OC)c1OC. The largest absolute Gasteiger partial charge is 0.493 e. The molecule has 0 aliphatic carbocycles. The third kappa shape index (κ3) is 4.02. The smallest absolute Gasteiger partial charge is 0.270 e. The second-order valence-electron chi connectivity index (χ2n) is 5.49. The summed E-state index contributed by atoms with van der Waals surface area (Å²) in [4.78, 5) is 0. The highest BCUT2D eigenvalue weighted by atomic mass is 19.3. The lowest BCUT2D eigenvalue weighted by Gasteiger charge is -2.16. The van der Waals surface area contributed by atoms with E-state index in [2.05, 4.69) is 0 Å². The molecule has 0 unspecified atom stereocenters. The van der Waals surface area contributed by atoms with Gasteiger partial charge in [0, 0.05) is 18.1 Å². The number of ether oxygens (including phenoxy) is 3. The lowest BCUT2D eigenvalue weighted by atomic mass is 10.1. The topological polar surface area (TPSA) is 53.7 Å². The molecular weight excluding hydrogens is 328 g/mol. The third-order valence-electron chi connectivity index (χ3n) is 3.77. The van der Waals surface area contributed by atoms with Crippen molar-refractivity contribution in [2.45, 2.75) is 12.8 Å². The standard InChI is InChI=1S/C19H21F2NO3/c1-19(20,21)14-9-6-12(7-10-14)5-8-13-11-15(23-2)17(24-3)18(25-4)16(13)22/h5-11H,22H2,1-4H3/b8-5-. The van der Waals surface area contributed by atoms with Crippen molar-refractivity contribution in [2.75, 3.05) is 27.1 Å². The van der Waals surface area contributed by atoms with Gasteiger partial charge in [0.15, 0.2) is 11.5 Å². The number of nitrogens with two attached hydrogens (primary N) is 1. The Balaban J connectivity index is 2.38. The van der Waals surface area contributed by atoms with Crippen LogP contribution in [0, 0.1) is 0 Å². The van der Waals surface area contributed by atoms with Crippen LogP contribution in [0.25, 0.3) is 12.2 Å². The Kier molecular flexibility index (Phi) is 5.51. The summed E-state index contributed by atoms with van der Waals surface area (Å²) < 4.78 is 42.4. The average molecular weight is 349 g/mol. The number of alkyl halides is 2. The maximum absolute atomic E-state index is 13.3. The predicted molar refractivity (Wildman–Crippen MR) is 95.4 cm³/mol. The van der Waals surface area contributed by atoms with Gasteiger partial charge in [-0.05, 0) is 11.6 Å². The summed E-state index contributed by atoms with van der Waals surface area (Å²) in [6.07, 6.45) is 3.54. The van der Waals surface area contributed by atoms with E-state index in [1.54, 1.807) is 30.4 Å². The minimum atomic E-state index is -2.86. The van der Waals surface area contributed by atoms with E-state index in [9.17, 15) is 8.78 Å². The van der Waals surface area contributed by atoms with E-state index in [0.29, 0.717) is 28.5 Å².